The van der Waals surface area contributed by atoms with E-state index >= 15 is 0 Å². The average molecular weight is 365 g/mol. The molecule has 0 aliphatic carbocycles. The number of thioether (sulfide) groups is 1. The van der Waals surface area contributed by atoms with Gasteiger partial charge >= 0.3 is 0 Å². The third-order valence-electron chi connectivity index (χ3n) is 4.60. The van der Waals surface area contributed by atoms with Crippen molar-refractivity contribution in [2.75, 3.05) is 50.9 Å². The Morgan fingerprint density at radius 3 is 2.64 bits per heavy atom. The number of nitro benzene ring substituents is 1. The van der Waals surface area contributed by atoms with Gasteiger partial charge in [-0.15, -0.1) is 0 Å². The Labute approximate surface area is 151 Å². The lowest BCUT2D eigenvalue weighted by molar-refractivity contribution is -0.384. The second-order valence-electron chi connectivity index (χ2n) is 6.30. The Balaban J connectivity index is 1.72. The van der Waals surface area contributed by atoms with Crippen LogP contribution in [0.15, 0.2) is 24.3 Å². The quantitative estimate of drug-likeness (QED) is 0.599. The zero-order chi connectivity index (χ0) is 17.6. The normalized spacial score (nSPS) is 22.4. The van der Waals surface area contributed by atoms with Gasteiger partial charge in [0.15, 0.2) is 0 Å². The molecule has 1 amide bonds. The summed E-state index contributed by atoms with van der Waals surface area (Å²) in [6.45, 7) is 4.89. The molecule has 0 N–H and O–H groups in total. The van der Waals surface area contributed by atoms with Crippen LogP contribution in [-0.4, -0.2) is 77.6 Å². The van der Waals surface area contributed by atoms with Gasteiger partial charge in [0.1, 0.15) is 0 Å². The highest BCUT2D eigenvalue weighted by Gasteiger charge is 2.29. The number of carbonyl (C=O) groups is 1. The SMILES string of the molecule is O=C(c1ccc([N+](=O)[O-])cc1)N1CCCSCC1CN1CCOCC1. The van der Waals surface area contributed by atoms with Crippen LogP contribution in [0.5, 0.6) is 0 Å². The number of carbonyl (C=O) groups excluding carboxylic acids is 1. The maximum absolute atomic E-state index is 13.0. The molecule has 0 bridgehead atoms. The van der Waals surface area contributed by atoms with Crippen molar-refractivity contribution < 1.29 is 14.5 Å². The van der Waals surface area contributed by atoms with E-state index in [1.54, 1.807) is 12.1 Å². The number of amides is 1. The molecule has 0 spiro atoms. The van der Waals surface area contributed by atoms with Gasteiger partial charge in [-0.2, -0.15) is 11.8 Å². The van der Waals surface area contributed by atoms with Crippen molar-refractivity contribution >= 4 is 23.4 Å². The molecule has 25 heavy (non-hydrogen) atoms. The van der Waals surface area contributed by atoms with Crippen molar-refractivity contribution in [3.05, 3.63) is 39.9 Å². The molecule has 1 aromatic carbocycles. The van der Waals surface area contributed by atoms with E-state index in [4.69, 9.17) is 4.74 Å². The summed E-state index contributed by atoms with van der Waals surface area (Å²) in [6.07, 6.45) is 0.975. The van der Waals surface area contributed by atoms with E-state index in [1.807, 2.05) is 16.7 Å². The minimum Gasteiger partial charge on any atom is -0.379 e. The van der Waals surface area contributed by atoms with Gasteiger partial charge in [-0.05, 0) is 24.3 Å². The van der Waals surface area contributed by atoms with E-state index in [0.717, 1.165) is 57.3 Å². The Kier molecular flexibility index (Phi) is 6.28. The Morgan fingerprint density at radius 2 is 1.96 bits per heavy atom. The number of benzene rings is 1. The molecule has 2 heterocycles. The summed E-state index contributed by atoms with van der Waals surface area (Å²) in [7, 11) is 0. The molecule has 0 radical (unpaired) electrons. The summed E-state index contributed by atoms with van der Waals surface area (Å²) in [6, 6.07) is 6.08. The summed E-state index contributed by atoms with van der Waals surface area (Å²) in [5, 5.41) is 10.8. The maximum Gasteiger partial charge on any atom is 0.269 e. The molecule has 1 aromatic rings. The zero-order valence-electron chi connectivity index (χ0n) is 14.1. The van der Waals surface area contributed by atoms with Crippen molar-refractivity contribution in [3.8, 4) is 0 Å². The minimum absolute atomic E-state index is 0.00726. The van der Waals surface area contributed by atoms with Gasteiger partial charge < -0.3 is 9.64 Å². The molecular formula is C17H23N3O4S. The summed E-state index contributed by atoms with van der Waals surface area (Å²) >= 11 is 1.89. The molecule has 0 saturated carbocycles. The van der Waals surface area contributed by atoms with Crippen LogP contribution in [0.3, 0.4) is 0 Å². The number of ether oxygens (including phenoxy) is 1. The third-order valence-corrected chi connectivity index (χ3v) is 5.80. The third kappa shape index (κ3) is 4.71. The molecule has 1 unspecified atom stereocenters. The number of nitro groups is 1. The topological polar surface area (TPSA) is 75.9 Å². The van der Waals surface area contributed by atoms with E-state index in [0.29, 0.717) is 5.56 Å². The molecule has 1 atom stereocenters. The molecule has 8 heteroatoms. The van der Waals surface area contributed by atoms with Crippen molar-refractivity contribution in [1.29, 1.82) is 0 Å². The largest absolute Gasteiger partial charge is 0.379 e. The second-order valence-corrected chi connectivity index (χ2v) is 7.45. The molecule has 7 nitrogen and oxygen atoms in total. The van der Waals surface area contributed by atoms with Crippen LogP contribution in [0, 0.1) is 10.1 Å². The van der Waals surface area contributed by atoms with E-state index in [1.165, 1.54) is 12.1 Å². The predicted molar refractivity (Wildman–Crippen MR) is 97.1 cm³/mol. The van der Waals surface area contributed by atoms with Crippen molar-refractivity contribution in [3.63, 3.8) is 0 Å². The molecule has 2 aliphatic heterocycles. The lowest BCUT2D eigenvalue weighted by atomic mass is 10.1. The van der Waals surface area contributed by atoms with Gasteiger partial charge in [-0.3, -0.25) is 19.8 Å². The summed E-state index contributed by atoms with van der Waals surface area (Å²) in [4.78, 5) is 27.6. The van der Waals surface area contributed by atoms with Gasteiger partial charge in [0.2, 0.25) is 0 Å². The molecule has 2 saturated heterocycles. The first-order valence-electron chi connectivity index (χ1n) is 8.58. The Morgan fingerprint density at radius 1 is 1.24 bits per heavy atom. The second kappa shape index (κ2) is 8.64. The number of hydrogen-bond acceptors (Lipinski definition) is 6. The Bertz CT molecular complexity index is 604. The summed E-state index contributed by atoms with van der Waals surface area (Å²) in [5.41, 5.74) is 0.525. The van der Waals surface area contributed by atoms with Crippen LogP contribution >= 0.6 is 11.8 Å². The Hall–Kier alpha value is -1.64. The highest BCUT2D eigenvalue weighted by Crippen LogP contribution is 2.21. The number of hydrogen-bond donors (Lipinski definition) is 0. The van der Waals surface area contributed by atoms with Crippen LogP contribution in [0.1, 0.15) is 16.8 Å². The van der Waals surface area contributed by atoms with Gasteiger partial charge in [0, 0.05) is 49.6 Å². The minimum atomic E-state index is -0.446. The van der Waals surface area contributed by atoms with Gasteiger partial charge in [-0.1, -0.05) is 0 Å². The number of morpholine rings is 1. The molecular weight excluding hydrogens is 342 g/mol. The number of non-ortho nitro benzene ring substituents is 1. The number of rotatable bonds is 4. The highest BCUT2D eigenvalue weighted by atomic mass is 32.2. The maximum atomic E-state index is 13.0. The lowest BCUT2D eigenvalue weighted by Gasteiger charge is -2.35. The predicted octanol–water partition coefficient (Wildman–Crippen LogP) is 1.87. The van der Waals surface area contributed by atoms with Crippen molar-refractivity contribution in [2.24, 2.45) is 0 Å². The van der Waals surface area contributed by atoms with Crippen LogP contribution in [-0.2, 0) is 4.74 Å². The van der Waals surface area contributed by atoms with E-state index in [-0.39, 0.29) is 17.6 Å². The molecule has 2 aliphatic rings. The fraction of sp³-hybridized carbons (Fsp3) is 0.588. The smallest absolute Gasteiger partial charge is 0.269 e. The average Bonchev–Trinajstić information content (AvgIpc) is 2.87. The first-order chi connectivity index (χ1) is 12.1. The standard InChI is InChI=1S/C17H23N3O4S/c21-17(14-2-4-15(5-3-14)20(22)23)19-6-1-11-25-13-16(19)12-18-7-9-24-10-8-18/h2-5,16H,1,6-13H2. The van der Waals surface area contributed by atoms with Crippen LogP contribution in [0.2, 0.25) is 0 Å². The first-order valence-corrected chi connectivity index (χ1v) is 9.74. The molecule has 136 valence electrons. The first kappa shape index (κ1) is 18.2. The molecule has 2 fully saturated rings. The lowest BCUT2D eigenvalue weighted by Crippen LogP contribution is -2.50. The highest BCUT2D eigenvalue weighted by molar-refractivity contribution is 7.99. The van der Waals surface area contributed by atoms with Crippen molar-refractivity contribution in [2.45, 2.75) is 12.5 Å². The van der Waals surface area contributed by atoms with Crippen molar-refractivity contribution in [1.82, 2.24) is 9.80 Å². The van der Waals surface area contributed by atoms with E-state index < -0.39 is 4.92 Å². The van der Waals surface area contributed by atoms with Crippen LogP contribution < -0.4 is 0 Å². The monoisotopic (exact) mass is 365 g/mol. The summed E-state index contributed by atoms with van der Waals surface area (Å²) < 4.78 is 5.41. The van der Waals surface area contributed by atoms with Gasteiger partial charge in [0.05, 0.1) is 24.2 Å². The zero-order valence-corrected chi connectivity index (χ0v) is 15.0. The summed E-state index contributed by atoms with van der Waals surface area (Å²) in [5.74, 6) is 1.95. The van der Waals surface area contributed by atoms with E-state index in [9.17, 15) is 14.9 Å². The molecule has 0 aromatic heterocycles. The molecule has 3 rings (SSSR count). The number of nitrogens with zero attached hydrogens (tertiary/aromatic N) is 3. The van der Waals surface area contributed by atoms with Crippen LogP contribution in [0.25, 0.3) is 0 Å². The van der Waals surface area contributed by atoms with E-state index in [2.05, 4.69) is 4.90 Å². The fourth-order valence-electron chi connectivity index (χ4n) is 3.22. The fourth-order valence-corrected chi connectivity index (χ4v) is 4.28. The van der Waals surface area contributed by atoms with Crippen LogP contribution in [0.4, 0.5) is 5.69 Å². The van der Waals surface area contributed by atoms with Gasteiger partial charge in [-0.25, -0.2) is 0 Å². The van der Waals surface area contributed by atoms with Gasteiger partial charge in [0.25, 0.3) is 11.6 Å².